The normalized spacial score (nSPS) is 10.0. The lowest BCUT2D eigenvalue weighted by molar-refractivity contribution is -0.385. The molecule has 0 unspecified atom stereocenters. The summed E-state index contributed by atoms with van der Waals surface area (Å²) in [5.41, 5.74) is 4.33. The topological polar surface area (TPSA) is 132 Å². The van der Waals surface area contributed by atoms with Crippen molar-refractivity contribution < 1.29 is 24.0 Å². The number of amides is 2. The number of thiocarbonyl (C=S) groups is 1. The van der Waals surface area contributed by atoms with Gasteiger partial charge < -0.3 is 9.47 Å². The molecule has 2 amide bonds. The van der Waals surface area contributed by atoms with E-state index in [1.54, 1.807) is 18.2 Å². The standard InChI is InChI=1S/C23H20N4O6S/c28-21(24-23(34)26-25-22(29)19-11-4-5-12-20(19)27(30)31)16-7-6-10-18(15-16)33-14-13-32-17-8-2-1-3-9-17/h1-12,15H,13-14H2,(H,25,29)(H2,24,26,28,34). The van der Waals surface area contributed by atoms with Crippen LogP contribution in [0.2, 0.25) is 0 Å². The highest BCUT2D eigenvalue weighted by molar-refractivity contribution is 7.80. The third-order valence-corrected chi connectivity index (χ3v) is 4.53. The quantitative estimate of drug-likeness (QED) is 0.194. The largest absolute Gasteiger partial charge is 0.490 e. The van der Waals surface area contributed by atoms with Crippen LogP contribution in [0.3, 0.4) is 0 Å². The summed E-state index contributed by atoms with van der Waals surface area (Å²) >= 11 is 5.01. The number of carbonyl (C=O) groups is 2. The number of para-hydroxylation sites is 2. The molecular formula is C23H20N4O6S. The summed E-state index contributed by atoms with van der Waals surface area (Å²) in [6, 6.07) is 21.2. The lowest BCUT2D eigenvalue weighted by Gasteiger charge is -2.12. The Morgan fingerprint density at radius 3 is 2.21 bits per heavy atom. The van der Waals surface area contributed by atoms with Gasteiger partial charge in [-0.1, -0.05) is 36.4 Å². The molecule has 0 aliphatic carbocycles. The van der Waals surface area contributed by atoms with Gasteiger partial charge in [-0.2, -0.15) is 0 Å². The van der Waals surface area contributed by atoms with Gasteiger partial charge in [-0.3, -0.25) is 35.9 Å². The van der Waals surface area contributed by atoms with Gasteiger partial charge in [0.2, 0.25) is 0 Å². The fourth-order valence-corrected chi connectivity index (χ4v) is 2.92. The van der Waals surface area contributed by atoms with Crippen LogP contribution < -0.4 is 25.6 Å². The van der Waals surface area contributed by atoms with Gasteiger partial charge in [0, 0.05) is 11.6 Å². The first-order valence-corrected chi connectivity index (χ1v) is 10.4. The SMILES string of the molecule is O=C(NC(=S)NNC(=O)c1ccccc1[N+](=O)[O-])c1cccc(OCCOc2ccccc2)c1. The molecule has 0 aliphatic heterocycles. The molecule has 0 aromatic heterocycles. The third-order valence-electron chi connectivity index (χ3n) is 4.32. The van der Waals surface area contributed by atoms with Crippen molar-refractivity contribution in [2.45, 2.75) is 0 Å². The van der Waals surface area contributed by atoms with Gasteiger partial charge >= 0.3 is 0 Å². The minimum absolute atomic E-state index is 0.157. The second kappa shape index (κ2) is 11.9. The molecule has 34 heavy (non-hydrogen) atoms. The van der Waals surface area contributed by atoms with E-state index < -0.39 is 16.7 Å². The van der Waals surface area contributed by atoms with E-state index in [1.165, 1.54) is 30.3 Å². The van der Waals surface area contributed by atoms with E-state index in [0.717, 1.165) is 5.75 Å². The maximum absolute atomic E-state index is 12.5. The molecule has 0 bridgehead atoms. The summed E-state index contributed by atoms with van der Waals surface area (Å²) in [6.45, 7) is 0.602. The van der Waals surface area contributed by atoms with Crippen molar-refractivity contribution in [1.82, 2.24) is 16.2 Å². The number of nitrogens with one attached hydrogen (secondary N) is 3. The van der Waals surface area contributed by atoms with Crippen LogP contribution >= 0.6 is 12.2 Å². The Morgan fingerprint density at radius 1 is 0.824 bits per heavy atom. The first-order valence-electron chi connectivity index (χ1n) is 10.00. The zero-order chi connectivity index (χ0) is 24.3. The van der Waals surface area contributed by atoms with Crippen LogP contribution in [0.25, 0.3) is 0 Å². The molecular weight excluding hydrogens is 460 g/mol. The first-order chi connectivity index (χ1) is 16.4. The van der Waals surface area contributed by atoms with Crippen LogP contribution in [0.1, 0.15) is 20.7 Å². The minimum atomic E-state index is -0.781. The number of hydrazine groups is 1. The summed E-state index contributed by atoms with van der Waals surface area (Å²) in [5, 5.41) is 13.3. The number of nitro groups is 1. The maximum Gasteiger partial charge on any atom is 0.282 e. The Balaban J connectivity index is 1.47. The van der Waals surface area contributed by atoms with E-state index in [9.17, 15) is 19.7 Å². The Hall–Kier alpha value is -4.51. The van der Waals surface area contributed by atoms with E-state index in [-0.39, 0.29) is 28.5 Å². The molecule has 0 heterocycles. The number of hydrogen-bond acceptors (Lipinski definition) is 7. The van der Waals surface area contributed by atoms with Crippen molar-refractivity contribution in [2.24, 2.45) is 0 Å². The number of nitro benzene ring substituents is 1. The van der Waals surface area contributed by atoms with Gasteiger partial charge in [-0.05, 0) is 48.6 Å². The van der Waals surface area contributed by atoms with Gasteiger partial charge in [-0.15, -0.1) is 0 Å². The fraction of sp³-hybridized carbons (Fsp3) is 0.0870. The molecule has 11 heteroatoms. The van der Waals surface area contributed by atoms with E-state index in [2.05, 4.69) is 16.2 Å². The Morgan fingerprint density at radius 2 is 1.47 bits per heavy atom. The van der Waals surface area contributed by atoms with Gasteiger partial charge in [0.15, 0.2) is 5.11 Å². The first kappa shape index (κ1) is 24.1. The summed E-state index contributed by atoms with van der Waals surface area (Å²) in [4.78, 5) is 35.1. The molecule has 10 nitrogen and oxygen atoms in total. The summed E-state index contributed by atoms with van der Waals surface area (Å²) in [5.74, 6) is -0.123. The molecule has 0 atom stereocenters. The summed E-state index contributed by atoms with van der Waals surface area (Å²) < 4.78 is 11.2. The van der Waals surface area contributed by atoms with Gasteiger partial charge in [0.05, 0.1) is 4.92 Å². The van der Waals surface area contributed by atoms with Crippen LogP contribution in [-0.2, 0) is 0 Å². The van der Waals surface area contributed by atoms with Gasteiger partial charge in [-0.25, -0.2) is 0 Å². The molecule has 3 rings (SSSR count). The average molecular weight is 481 g/mol. The zero-order valence-corrected chi connectivity index (χ0v) is 18.5. The highest BCUT2D eigenvalue weighted by Gasteiger charge is 2.19. The van der Waals surface area contributed by atoms with E-state index >= 15 is 0 Å². The monoisotopic (exact) mass is 480 g/mol. The number of carbonyl (C=O) groups excluding carboxylic acids is 2. The molecule has 0 spiro atoms. The molecule has 174 valence electrons. The highest BCUT2D eigenvalue weighted by Crippen LogP contribution is 2.17. The van der Waals surface area contributed by atoms with E-state index in [1.807, 2.05) is 30.3 Å². The van der Waals surface area contributed by atoms with Crippen LogP contribution in [0.4, 0.5) is 5.69 Å². The number of benzene rings is 3. The molecule has 0 aliphatic rings. The maximum atomic E-state index is 12.5. The number of hydrogen-bond donors (Lipinski definition) is 3. The molecule has 0 radical (unpaired) electrons. The lowest BCUT2D eigenvalue weighted by atomic mass is 10.2. The van der Waals surface area contributed by atoms with Crippen molar-refractivity contribution in [1.29, 1.82) is 0 Å². The third kappa shape index (κ3) is 7.00. The molecule has 3 aromatic rings. The molecule has 0 saturated heterocycles. The number of rotatable bonds is 8. The van der Waals surface area contributed by atoms with Gasteiger partial charge in [0.1, 0.15) is 30.3 Å². The van der Waals surface area contributed by atoms with Crippen molar-refractivity contribution in [3.63, 3.8) is 0 Å². The Kier molecular flexibility index (Phi) is 8.47. The highest BCUT2D eigenvalue weighted by atomic mass is 32.1. The van der Waals surface area contributed by atoms with Gasteiger partial charge in [0.25, 0.3) is 17.5 Å². The average Bonchev–Trinajstić information content (AvgIpc) is 2.86. The Bertz CT molecular complexity index is 1190. The zero-order valence-electron chi connectivity index (χ0n) is 17.7. The second-order valence-corrected chi connectivity index (χ2v) is 7.08. The second-order valence-electron chi connectivity index (χ2n) is 6.67. The molecule has 3 N–H and O–H groups in total. The molecule has 0 fully saturated rings. The van der Waals surface area contributed by atoms with Crippen LogP contribution in [0.5, 0.6) is 11.5 Å². The fourth-order valence-electron chi connectivity index (χ4n) is 2.78. The summed E-state index contributed by atoms with van der Waals surface area (Å²) in [7, 11) is 0. The molecule has 0 saturated carbocycles. The lowest BCUT2D eigenvalue weighted by Crippen LogP contribution is -2.48. The number of nitrogens with zero attached hydrogens (tertiary/aromatic N) is 1. The van der Waals surface area contributed by atoms with Crippen molar-refractivity contribution in [2.75, 3.05) is 13.2 Å². The molecule has 3 aromatic carbocycles. The van der Waals surface area contributed by atoms with Crippen LogP contribution in [0, 0.1) is 10.1 Å². The van der Waals surface area contributed by atoms with Crippen molar-refractivity contribution in [3.8, 4) is 11.5 Å². The predicted molar refractivity (Wildman–Crippen MR) is 128 cm³/mol. The van der Waals surface area contributed by atoms with E-state index in [0.29, 0.717) is 12.4 Å². The van der Waals surface area contributed by atoms with Crippen LogP contribution in [-0.4, -0.2) is 35.1 Å². The smallest absolute Gasteiger partial charge is 0.282 e. The van der Waals surface area contributed by atoms with Crippen molar-refractivity contribution in [3.05, 3.63) is 100 Å². The predicted octanol–water partition coefficient (Wildman–Crippen LogP) is 3.00. The summed E-state index contributed by atoms with van der Waals surface area (Å²) in [6.07, 6.45) is 0. The van der Waals surface area contributed by atoms with Crippen LogP contribution in [0.15, 0.2) is 78.9 Å². The minimum Gasteiger partial charge on any atom is -0.490 e. The number of ether oxygens (including phenoxy) is 2. The van der Waals surface area contributed by atoms with Crippen molar-refractivity contribution >= 4 is 34.8 Å². The van der Waals surface area contributed by atoms with E-state index in [4.69, 9.17) is 21.7 Å². The Labute approximate surface area is 200 Å².